The van der Waals surface area contributed by atoms with Gasteiger partial charge in [0.1, 0.15) is 12.2 Å². The largest absolute Gasteiger partial charge is 0.504 e. The lowest BCUT2D eigenvalue weighted by molar-refractivity contribution is -0.152. The van der Waals surface area contributed by atoms with Crippen LogP contribution in [0, 0.1) is 29.1 Å². The molecule has 1 saturated heterocycles. The van der Waals surface area contributed by atoms with Crippen LogP contribution in [0.4, 0.5) is 0 Å². The number of rotatable bonds is 8. The predicted octanol–water partition coefficient (Wildman–Crippen LogP) is 3.02. The summed E-state index contributed by atoms with van der Waals surface area (Å²) in [7, 11) is 1.59. The molecule has 1 aromatic carbocycles. The van der Waals surface area contributed by atoms with E-state index in [1.165, 1.54) is 39.0 Å². The number of nitrogens with two attached hydrogens (primary N) is 1. The quantitative estimate of drug-likeness (QED) is 0.0851. The minimum Gasteiger partial charge on any atom is -0.504 e. The number of aliphatic imine (C=N–C) groups is 1. The first kappa shape index (κ1) is 40.1. The van der Waals surface area contributed by atoms with Crippen LogP contribution >= 0.6 is 0 Å². The summed E-state index contributed by atoms with van der Waals surface area (Å²) in [4.78, 5) is 16.7. The number of carbonyl (C=O) groups is 1. The normalized spacial score (nSPS) is 32.6. The third-order valence-electron chi connectivity index (χ3n) is 12.2. The zero-order valence-corrected chi connectivity index (χ0v) is 31.5. The fraction of sp³-hybridized carbons (Fsp3) is 0.750. The third kappa shape index (κ3) is 10.3. The van der Waals surface area contributed by atoms with E-state index < -0.39 is 29.7 Å². The lowest BCUT2D eigenvalue weighted by atomic mass is 9.72. The molecule has 4 bridgehead atoms. The van der Waals surface area contributed by atoms with Gasteiger partial charge >= 0.3 is 5.97 Å². The van der Waals surface area contributed by atoms with Crippen molar-refractivity contribution in [3.63, 3.8) is 0 Å². The molecule has 5 rings (SSSR count). The van der Waals surface area contributed by atoms with Crippen molar-refractivity contribution in [3.05, 3.63) is 23.3 Å². The van der Waals surface area contributed by atoms with Crippen LogP contribution in [0.25, 0.3) is 0 Å². The number of nitrogens with zero attached hydrogens (tertiary/aromatic N) is 1. The van der Waals surface area contributed by atoms with Gasteiger partial charge in [-0.2, -0.15) is 0 Å². The maximum Gasteiger partial charge on any atom is 0.302 e. The molecule has 1 aromatic rings. The molecule has 0 radical (unpaired) electrons. The lowest BCUT2D eigenvalue weighted by Crippen LogP contribution is -2.60. The Labute approximate surface area is 309 Å². The molecule has 52 heavy (non-hydrogen) atoms. The Bertz CT molecular complexity index is 1440. The fourth-order valence-corrected chi connectivity index (χ4v) is 8.93. The number of carbonyl (C=O) groups excluding carboxylic acids is 1. The van der Waals surface area contributed by atoms with Crippen LogP contribution in [0.1, 0.15) is 108 Å². The molecule has 12 nitrogen and oxygen atoms in total. The smallest absolute Gasteiger partial charge is 0.302 e. The van der Waals surface area contributed by atoms with Gasteiger partial charge in [0.15, 0.2) is 17.5 Å². The van der Waals surface area contributed by atoms with Crippen LogP contribution in [-0.4, -0.2) is 95.0 Å². The Morgan fingerprint density at radius 1 is 1.15 bits per heavy atom. The molecule has 12 heteroatoms. The van der Waals surface area contributed by atoms with Crippen LogP contribution < -0.4 is 26.4 Å². The van der Waals surface area contributed by atoms with E-state index >= 15 is 0 Å². The van der Waals surface area contributed by atoms with Crippen LogP contribution in [0.3, 0.4) is 0 Å². The van der Waals surface area contributed by atoms with Crippen molar-refractivity contribution in [1.82, 2.24) is 16.0 Å². The lowest BCUT2D eigenvalue weighted by Gasteiger charge is -2.43. The Morgan fingerprint density at radius 3 is 2.65 bits per heavy atom. The first-order valence-corrected chi connectivity index (χ1v) is 19.6. The van der Waals surface area contributed by atoms with E-state index in [1.54, 1.807) is 20.0 Å². The van der Waals surface area contributed by atoms with E-state index in [1.807, 2.05) is 6.07 Å². The average molecular weight is 726 g/mol. The molecular weight excluding hydrogens is 662 g/mol. The monoisotopic (exact) mass is 725 g/mol. The number of esters is 1. The summed E-state index contributed by atoms with van der Waals surface area (Å²) in [5.74, 6) is 6.57. The summed E-state index contributed by atoms with van der Waals surface area (Å²) in [5, 5.41) is 55.3. The van der Waals surface area contributed by atoms with Gasteiger partial charge in [0.25, 0.3) is 0 Å². The highest BCUT2D eigenvalue weighted by molar-refractivity contribution is 5.77. The number of ether oxygens (including phenoxy) is 2. The van der Waals surface area contributed by atoms with Gasteiger partial charge in [-0.05, 0) is 88.1 Å². The molecule has 2 heterocycles. The van der Waals surface area contributed by atoms with Gasteiger partial charge < -0.3 is 51.6 Å². The topological polar surface area (TPSA) is 191 Å². The molecule has 0 spiro atoms. The molecular formula is C40H63N5O7. The molecule has 9 N–H and O–H groups in total. The molecule has 8 atom stereocenters. The van der Waals surface area contributed by atoms with E-state index in [-0.39, 0.29) is 54.8 Å². The Hall–Kier alpha value is -3.08. The summed E-state index contributed by atoms with van der Waals surface area (Å²) in [6.07, 6.45) is 8.88. The number of fused-ring (bicyclic) bond motifs is 5. The van der Waals surface area contributed by atoms with Crippen molar-refractivity contribution in [2.45, 2.75) is 146 Å². The van der Waals surface area contributed by atoms with E-state index in [0.717, 1.165) is 44.3 Å². The summed E-state index contributed by atoms with van der Waals surface area (Å²) < 4.78 is 12.7. The molecule has 2 fully saturated rings. The molecule has 2 aliphatic carbocycles. The number of aliphatic hydroxyl groups is 3. The number of hydrogen-bond donors (Lipinski definition) is 8. The van der Waals surface area contributed by atoms with Gasteiger partial charge in [0, 0.05) is 63.3 Å². The second-order valence-corrected chi connectivity index (χ2v) is 15.9. The number of phenolic OH excluding ortho intramolecular Hbond substituents is 1. The summed E-state index contributed by atoms with van der Waals surface area (Å²) >= 11 is 0. The highest BCUT2D eigenvalue weighted by Gasteiger charge is 2.41. The number of nitrogens with one attached hydrogen (secondary N) is 3. The zero-order valence-electron chi connectivity index (χ0n) is 31.5. The minimum absolute atomic E-state index is 0.0227. The molecule has 0 aromatic heterocycles. The molecule has 4 aliphatic rings. The maximum absolute atomic E-state index is 12.6. The van der Waals surface area contributed by atoms with Crippen molar-refractivity contribution in [2.75, 3.05) is 26.7 Å². The molecule has 1 saturated carbocycles. The molecule has 0 amide bonds. The van der Waals surface area contributed by atoms with Gasteiger partial charge in [0.2, 0.25) is 0 Å². The highest BCUT2D eigenvalue weighted by atomic mass is 16.5. The van der Waals surface area contributed by atoms with E-state index in [4.69, 9.17) is 15.2 Å². The number of aromatic hydroxyl groups is 1. The average Bonchev–Trinajstić information content (AvgIpc) is 3.13. The predicted molar refractivity (Wildman–Crippen MR) is 201 cm³/mol. The SMILES string of the molecule is CN=C(N)NC[C@]1([C@H](C)O)C#C[C@H]2CCC[C@]3(CNC4CCCCC4)C[C@@H](CCN3)Oc3cc(c(CO)cc3O)C[C@H]2[C@@H](OC(C)=O)C[C@@H](O)CC1. The zero-order chi connectivity index (χ0) is 37.3. The van der Waals surface area contributed by atoms with Crippen molar-refractivity contribution in [2.24, 2.45) is 28.0 Å². The van der Waals surface area contributed by atoms with Gasteiger partial charge in [-0.25, -0.2) is 0 Å². The number of benzene rings is 1. The second-order valence-electron chi connectivity index (χ2n) is 15.9. The first-order valence-electron chi connectivity index (χ1n) is 19.6. The Balaban J connectivity index is 1.61. The van der Waals surface area contributed by atoms with Crippen LogP contribution in [0.5, 0.6) is 11.5 Å². The standard InChI is InChI=1S/C40H63N5O7/c1-26(47)39(24-44-38(41)42-3)15-11-28-8-7-14-40(25-43-31-9-5-4-6-10-31)22-33(13-17-45-40)52-37-20-29(30(23-46)19-35(37)50)18-34(28)36(51-27(2)48)21-32(49)12-16-39/h19-20,26,28,31-34,36,43,45-47,49-50H,4-10,12-14,16-18,21-25H2,1-3H3,(H3,41,42,44)/t26-,28+,32-,33+,34+,36-,39-,40+/m0/s1. The fourth-order valence-electron chi connectivity index (χ4n) is 8.93. The number of hydrogen-bond acceptors (Lipinski definition) is 10. The first-order chi connectivity index (χ1) is 24.9. The minimum atomic E-state index is -0.935. The maximum atomic E-state index is 12.6. The van der Waals surface area contributed by atoms with Gasteiger partial charge in [-0.15, -0.1) is 0 Å². The van der Waals surface area contributed by atoms with Crippen molar-refractivity contribution >= 4 is 11.9 Å². The Kier molecular flexibility index (Phi) is 14.1. The van der Waals surface area contributed by atoms with Crippen molar-refractivity contribution < 1.29 is 34.7 Å². The van der Waals surface area contributed by atoms with Crippen LogP contribution in [0.15, 0.2) is 17.1 Å². The van der Waals surface area contributed by atoms with Crippen molar-refractivity contribution in [3.8, 4) is 23.3 Å². The number of phenols is 1. The highest BCUT2D eigenvalue weighted by Crippen LogP contribution is 2.40. The second kappa shape index (κ2) is 18.3. The van der Waals surface area contributed by atoms with Crippen LogP contribution in [-0.2, 0) is 22.6 Å². The van der Waals surface area contributed by atoms with E-state index in [0.29, 0.717) is 43.0 Å². The van der Waals surface area contributed by atoms with Crippen molar-refractivity contribution in [1.29, 1.82) is 0 Å². The third-order valence-corrected chi connectivity index (χ3v) is 12.2. The van der Waals surface area contributed by atoms with Gasteiger partial charge in [0.05, 0.1) is 24.2 Å². The Morgan fingerprint density at radius 2 is 1.94 bits per heavy atom. The number of aliphatic hydroxyl groups excluding tert-OH is 3. The summed E-state index contributed by atoms with van der Waals surface area (Å²) in [6.45, 7) is 4.64. The van der Waals surface area contributed by atoms with Gasteiger partial charge in [-0.3, -0.25) is 9.79 Å². The number of guanidine groups is 1. The molecule has 0 unspecified atom stereocenters. The van der Waals surface area contributed by atoms with E-state index in [2.05, 4.69) is 32.8 Å². The molecule has 290 valence electrons. The molecule has 2 aliphatic heterocycles. The summed E-state index contributed by atoms with van der Waals surface area (Å²) in [6, 6.07) is 3.89. The summed E-state index contributed by atoms with van der Waals surface area (Å²) in [5.41, 5.74) is 6.17. The van der Waals surface area contributed by atoms with Gasteiger partial charge in [-0.1, -0.05) is 37.5 Å². The van der Waals surface area contributed by atoms with E-state index in [9.17, 15) is 25.2 Å². The van der Waals surface area contributed by atoms with Crippen LogP contribution in [0.2, 0.25) is 0 Å². The number of piperidine rings is 1.